The summed E-state index contributed by atoms with van der Waals surface area (Å²) in [4.78, 5) is 27.5. The molecule has 0 atom stereocenters. The molecule has 0 unspecified atom stereocenters. The highest BCUT2D eigenvalue weighted by molar-refractivity contribution is 7.09. The van der Waals surface area contributed by atoms with Crippen LogP contribution in [0.2, 0.25) is 0 Å². The molecule has 6 nitrogen and oxygen atoms in total. The van der Waals surface area contributed by atoms with Crippen LogP contribution in [-0.2, 0) is 11.2 Å². The zero-order valence-corrected chi connectivity index (χ0v) is 12.5. The lowest BCUT2D eigenvalue weighted by Crippen LogP contribution is -2.31. The maximum atomic E-state index is 11.6. The number of furan rings is 1. The highest BCUT2D eigenvalue weighted by Gasteiger charge is 2.07. The molecule has 0 fully saturated rings. The maximum absolute atomic E-state index is 11.6. The van der Waals surface area contributed by atoms with Gasteiger partial charge in [0.1, 0.15) is 6.26 Å². The van der Waals surface area contributed by atoms with Crippen molar-refractivity contribution in [2.45, 2.75) is 19.8 Å². The molecule has 0 aromatic carbocycles. The first-order valence-corrected chi connectivity index (χ1v) is 7.51. The van der Waals surface area contributed by atoms with Crippen LogP contribution in [-0.4, -0.2) is 29.9 Å². The van der Waals surface area contributed by atoms with Crippen molar-refractivity contribution in [3.05, 3.63) is 40.2 Å². The molecule has 0 saturated heterocycles. The molecule has 0 bridgehead atoms. The Bertz CT molecular complexity index is 592. The van der Waals surface area contributed by atoms with E-state index >= 15 is 0 Å². The largest absolute Gasteiger partial charge is 0.472 e. The minimum absolute atomic E-state index is 0.0885. The van der Waals surface area contributed by atoms with E-state index < -0.39 is 0 Å². The summed E-state index contributed by atoms with van der Waals surface area (Å²) in [6.45, 7) is 2.80. The second-order valence-corrected chi connectivity index (χ2v) is 5.54. The second kappa shape index (κ2) is 7.58. The number of rotatable bonds is 7. The van der Waals surface area contributed by atoms with Crippen LogP contribution in [0.3, 0.4) is 0 Å². The summed E-state index contributed by atoms with van der Waals surface area (Å²) >= 11 is 1.60. The number of aromatic nitrogens is 1. The lowest BCUT2D eigenvalue weighted by Gasteiger charge is -2.05. The predicted molar refractivity (Wildman–Crippen MR) is 79.2 cm³/mol. The van der Waals surface area contributed by atoms with Gasteiger partial charge < -0.3 is 15.1 Å². The van der Waals surface area contributed by atoms with Gasteiger partial charge in [0.2, 0.25) is 5.91 Å². The van der Waals surface area contributed by atoms with E-state index in [9.17, 15) is 9.59 Å². The standard InChI is InChI=1S/C14H17N3O3S/c1-10-17-12(9-21-10)2-5-15-13(18)3-6-16-14(19)11-4-7-20-8-11/h4,7-9H,2-3,5-6H2,1H3,(H,15,18)(H,16,19). The Hall–Kier alpha value is -2.15. The van der Waals surface area contributed by atoms with Gasteiger partial charge in [0, 0.05) is 31.3 Å². The van der Waals surface area contributed by atoms with Gasteiger partial charge in [-0.15, -0.1) is 11.3 Å². The molecular weight excluding hydrogens is 290 g/mol. The molecule has 0 aliphatic heterocycles. The molecule has 7 heteroatoms. The highest BCUT2D eigenvalue weighted by Crippen LogP contribution is 2.07. The van der Waals surface area contributed by atoms with Gasteiger partial charge in [-0.2, -0.15) is 0 Å². The fourth-order valence-electron chi connectivity index (χ4n) is 1.73. The predicted octanol–water partition coefficient (Wildman–Crippen LogP) is 1.52. The van der Waals surface area contributed by atoms with Crippen LogP contribution < -0.4 is 10.6 Å². The average Bonchev–Trinajstić information content (AvgIpc) is 3.10. The topological polar surface area (TPSA) is 84.2 Å². The summed E-state index contributed by atoms with van der Waals surface area (Å²) in [5.41, 5.74) is 1.44. The zero-order valence-electron chi connectivity index (χ0n) is 11.7. The number of nitrogens with one attached hydrogen (secondary N) is 2. The van der Waals surface area contributed by atoms with E-state index in [1.165, 1.54) is 12.5 Å². The lowest BCUT2D eigenvalue weighted by molar-refractivity contribution is -0.120. The minimum atomic E-state index is -0.241. The number of carbonyl (C=O) groups excluding carboxylic acids is 2. The Morgan fingerprint density at radius 2 is 2.19 bits per heavy atom. The number of hydrogen-bond acceptors (Lipinski definition) is 5. The molecule has 2 aromatic rings. The van der Waals surface area contributed by atoms with Gasteiger partial charge in [0.05, 0.1) is 22.5 Å². The number of aryl methyl sites for hydroxylation is 1. The third-order valence-electron chi connectivity index (χ3n) is 2.79. The van der Waals surface area contributed by atoms with Crippen molar-refractivity contribution in [2.75, 3.05) is 13.1 Å². The Morgan fingerprint density at radius 3 is 2.86 bits per heavy atom. The van der Waals surface area contributed by atoms with Gasteiger partial charge in [-0.25, -0.2) is 4.98 Å². The number of amides is 2. The summed E-state index contributed by atoms with van der Waals surface area (Å²) in [5.74, 6) is -0.330. The van der Waals surface area contributed by atoms with Crippen molar-refractivity contribution >= 4 is 23.2 Å². The number of hydrogen-bond donors (Lipinski definition) is 2. The van der Waals surface area contributed by atoms with Crippen molar-refractivity contribution in [2.24, 2.45) is 0 Å². The van der Waals surface area contributed by atoms with Gasteiger partial charge in [-0.3, -0.25) is 9.59 Å². The second-order valence-electron chi connectivity index (χ2n) is 4.48. The fraction of sp³-hybridized carbons (Fsp3) is 0.357. The van der Waals surface area contributed by atoms with E-state index in [0.29, 0.717) is 18.7 Å². The first kappa shape index (κ1) is 15.2. The fourth-order valence-corrected chi connectivity index (χ4v) is 2.37. The van der Waals surface area contributed by atoms with Gasteiger partial charge >= 0.3 is 0 Å². The number of thiazole rings is 1. The van der Waals surface area contributed by atoms with Crippen LogP contribution in [0.15, 0.2) is 28.4 Å². The Morgan fingerprint density at radius 1 is 1.33 bits per heavy atom. The van der Waals surface area contributed by atoms with Crippen LogP contribution in [0, 0.1) is 6.92 Å². The molecule has 2 heterocycles. The molecule has 0 aliphatic carbocycles. The van der Waals surface area contributed by atoms with Gasteiger partial charge in [-0.1, -0.05) is 0 Å². The minimum Gasteiger partial charge on any atom is -0.472 e. The first-order valence-electron chi connectivity index (χ1n) is 6.63. The van der Waals surface area contributed by atoms with E-state index in [-0.39, 0.29) is 18.2 Å². The normalized spacial score (nSPS) is 10.3. The third-order valence-corrected chi connectivity index (χ3v) is 3.61. The van der Waals surface area contributed by atoms with Gasteiger partial charge in [-0.05, 0) is 13.0 Å². The summed E-state index contributed by atoms with van der Waals surface area (Å²) in [6, 6.07) is 1.57. The van der Waals surface area contributed by atoms with Gasteiger partial charge in [0.25, 0.3) is 5.91 Å². The van der Waals surface area contributed by atoms with Crippen molar-refractivity contribution in [3.8, 4) is 0 Å². The quantitative estimate of drug-likeness (QED) is 0.812. The van der Waals surface area contributed by atoms with Crippen molar-refractivity contribution in [3.63, 3.8) is 0 Å². The van der Waals surface area contributed by atoms with Gasteiger partial charge in [0.15, 0.2) is 0 Å². The van der Waals surface area contributed by atoms with Crippen molar-refractivity contribution in [1.29, 1.82) is 0 Å². The summed E-state index contributed by atoms with van der Waals surface area (Å²) in [7, 11) is 0. The summed E-state index contributed by atoms with van der Waals surface area (Å²) in [5, 5.41) is 8.48. The molecule has 2 N–H and O–H groups in total. The van der Waals surface area contributed by atoms with E-state index in [2.05, 4.69) is 15.6 Å². The Balaban J connectivity index is 1.58. The maximum Gasteiger partial charge on any atom is 0.254 e. The van der Waals surface area contributed by atoms with E-state index in [0.717, 1.165) is 17.1 Å². The van der Waals surface area contributed by atoms with Crippen LogP contribution in [0.1, 0.15) is 27.5 Å². The van der Waals surface area contributed by atoms with Crippen LogP contribution in [0.5, 0.6) is 0 Å². The van der Waals surface area contributed by atoms with Crippen molar-refractivity contribution < 1.29 is 14.0 Å². The zero-order chi connectivity index (χ0) is 15.1. The van der Waals surface area contributed by atoms with Crippen molar-refractivity contribution in [1.82, 2.24) is 15.6 Å². The van der Waals surface area contributed by atoms with Crippen LogP contribution in [0.4, 0.5) is 0 Å². The molecule has 21 heavy (non-hydrogen) atoms. The number of nitrogens with zero attached hydrogens (tertiary/aromatic N) is 1. The monoisotopic (exact) mass is 307 g/mol. The first-order chi connectivity index (χ1) is 10.1. The Labute approximate surface area is 126 Å². The van der Waals surface area contributed by atoms with Crippen LogP contribution in [0.25, 0.3) is 0 Å². The van der Waals surface area contributed by atoms with Crippen LogP contribution >= 0.6 is 11.3 Å². The van der Waals surface area contributed by atoms with E-state index in [1.54, 1.807) is 17.4 Å². The van der Waals surface area contributed by atoms with E-state index in [1.807, 2.05) is 12.3 Å². The molecule has 2 amide bonds. The SMILES string of the molecule is Cc1nc(CCNC(=O)CCNC(=O)c2ccoc2)cs1. The molecule has 0 aliphatic rings. The molecule has 0 radical (unpaired) electrons. The summed E-state index contributed by atoms with van der Waals surface area (Å²) < 4.78 is 4.81. The summed E-state index contributed by atoms with van der Waals surface area (Å²) in [6.07, 6.45) is 3.77. The molecular formula is C14H17N3O3S. The molecule has 112 valence electrons. The number of carbonyl (C=O) groups is 2. The third kappa shape index (κ3) is 5.03. The average molecular weight is 307 g/mol. The smallest absolute Gasteiger partial charge is 0.254 e. The highest BCUT2D eigenvalue weighted by atomic mass is 32.1. The Kier molecular flexibility index (Phi) is 5.51. The van der Waals surface area contributed by atoms with E-state index in [4.69, 9.17) is 4.42 Å². The molecule has 2 rings (SSSR count). The molecule has 0 spiro atoms. The molecule has 0 saturated carbocycles. The molecule has 2 aromatic heterocycles. The lowest BCUT2D eigenvalue weighted by atomic mass is 10.3.